The van der Waals surface area contributed by atoms with Crippen LogP contribution in [0.15, 0.2) is 97.1 Å². The van der Waals surface area contributed by atoms with Crippen molar-refractivity contribution in [2.75, 3.05) is 13.2 Å². The lowest BCUT2D eigenvalue weighted by atomic mass is 9.76. The molecule has 0 heterocycles. The van der Waals surface area contributed by atoms with Gasteiger partial charge in [0.05, 0.1) is 6.61 Å². The zero-order chi connectivity index (χ0) is 25.1. The zero-order valence-electron chi connectivity index (χ0n) is 20.5. The number of benzene rings is 5. The van der Waals surface area contributed by atoms with Crippen LogP contribution in [0.2, 0.25) is 0 Å². The Kier molecular flexibility index (Phi) is 6.68. The summed E-state index contributed by atoms with van der Waals surface area (Å²) in [5, 5.41) is 9.99. The average molecular weight is 476 g/mol. The molecule has 2 atom stereocenters. The third kappa shape index (κ3) is 4.67. The molecule has 0 saturated carbocycles. The van der Waals surface area contributed by atoms with E-state index in [9.17, 15) is 9.59 Å². The molecule has 0 spiro atoms. The molecule has 0 aromatic heterocycles. The van der Waals surface area contributed by atoms with Gasteiger partial charge in [-0.1, -0.05) is 97.1 Å². The number of amides is 1. The van der Waals surface area contributed by atoms with Gasteiger partial charge < -0.3 is 10.1 Å². The Labute approximate surface area is 210 Å². The van der Waals surface area contributed by atoms with E-state index in [1.165, 1.54) is 30.0 Å². The van der Waals surface area contributed by atoms with Crippen molar-refractivity contribution in [3.63, 3.8) is 0 Å². The number of fused-ring (bicyclic) bond motifs is 4. The third-order valence-electron chi connectivity index (χ3n) is 6.88. The highest BCUT2D eigenvalue weighted by atomic mass is 16.5. The predicted molar refractivity (Wildman–Crippen MR) is 146 cm³/mol. The maximum absolute atomic E-state index is 12.0. The Morgan fingerprint density at radius 1 is 0.694 bits per heavy atom. The van der Waals surface area contributed by atoms with Crippen molar-refractivity contribution in [1.82, 2.24) is 5.32 Å². The fourth-order valence-electron chi connectivity index (χ4n) is 5.32. The van der Waals surface area contributed by atoms with Gasteiger partial charge in [-0.25, -0.2) is 0 Å². The molecule has 5 rings (SSSR count). The first-order chi connectivity index (χ1) is 17.5. The summed E-state index contributed by atoms with van der Waals surface area (Å²) >= 11 is 0. The summed E-state index contributed by atoms with van der Waals surface area (Å²) in [4.78, 5) is 23.8. The lowest BCUT2D eigenvalue weighted by molar-refractivity contribution is -0.142. The van der Waals surface area contributed by atoms with E-state index in [4.69, 9.17) is 4.74 Å². The van der Waals surface area contributed by atoms with Gasteiger partial charge in [-0.05, 0) is 43.4 Å². The second-order valence-electron chi connectivity index (χ2n) is 9.28. The fourth-order valence-corrected chi connectivity index (χ4v) is 5.32. The van der Waals surface area contributed by atoms with Crippen molar-refractivity contribution < 1.29 is 14.3 Å². The van der Waals surface area contributed by atoms with Crippen LogP contribution in [0.3, 0.4) is 0 Å². The van der Waals surface area contributed by atoms with Gasteiger partial charge in [-0.2, -0.15) is 0 Å². The quantitative estimate of drug-likeness (QED) is 0.213. The van der Waals surface area contributed by atoms with Gasteiger partial charge >= 0.3 is 5.97 Å². The van der Waals surface area contributed by atoms with Crippen LogP contribution >= 0.6 is 0 Å². The number of hydrogen-bond acceptors (Lipinski definition) is 3. The van der Waals surface area contributed by atoms with E-state index in [1.807, 2.05) is 6.07 Å². The van der Waals surface area contributed by atoms with Crippen LogP contribution in [0, 0.1) is 5.92 Å². The zero-order valence-corrected chi connectivity index (χ0v) is 20.5. The van der Waals surface area contributed by atoms with Crippen LogP contribution in [0.4, 0.5) is 0 Å². The largest absolute Gasteiger partial charge is 0.465 e. The molecule has 180 valence electrons. The number of rotatable bonds is 7. The number of carbonyl (C=O) groups is 2. The Hall–Kier alpha value is -4.18. The molecule has 0 bridgehead atoms. The van der Waals surface area contributed by atoms with Gasteiger partial charge in [0.15, 0.2) is 0 Å². The summed E-state index contributed by atoms with van der Waals surface area (Å²) in [5.41, 5.74) is 2.30. The second kappa shape index (κ2) is 10.2. The minimum absolute atomic E-state index is 0.108. The molecule has 1 amide bonds. The van der Waals surface area contributed by atoms with Gasteiger partial charge in [0.2, 0.25) is 5.91 Å². The Morgan fingerprint density at radius 3 is 2.00 bits per heavy atom. The van der Waals surface area contributed by atoms with E-state index in [1.54, 1.807) is 0 Å². The van der Waals surface area contributed by atoms with E-state index in [0.717, 1.165) is 27.3 Å². The van der Waals surface area contributed by atoms with Crippen molar-refractivity contribution >= 4 is 44.2 Å². The first-order valence-electron chi connectivity index (χ1n) is 12.3. The Morgan fingerprint density at radius 2 is 1.28 bits per heavy atom. The van der Waals surface area contributed by atoms with Gasteiger partial charge in [0, 0.05) is 32.2 Å². The highest BCUT2D eigenvalue weighted by Crippen LogP contribution is 2.41. The van der Waals surface area contributed by atoms with Crippen molar-refractivity contribution in [1.29, 1.82) is 0 Å². The van der Waals surface area contributed by atoms with E-state index in [2.05, 4.69) is 96.3 Å². The Balaban J connectivity index is 1.81. The molecule has 4 heteroatoms. The molecular formula is C32H29NO3. The molecule has 5 aromatic rings. The number of nitrogens with one attached hydrogen (secondary N) is 1. The maximum atomic E-state index is 12.0. The van der Waals surface area contributed by atoms with E-state index in [0.29, 0.717) is 6.54 Å². The van der Waals surface area contributed by atoms with Gasteiger partial charge in [-0.3, -0.25) is 9.59 Å². The third-order valence-corrected chi connectivity index (χ3v) is 6.88. The molecule has 0 saturated heterocycles. The van der Waals surface area contributed by atoms with Crippen molar-refractivity contribution in [2.24, 2.45) is 5.92 Å². The topological polar surface area (TPSA) is 55.4 Å². The second-order valence-corrected chi connectivity index (χ2v) is 9.28. The molecular weight excluding hydrogens is 446 g/mol. The molecule has 0 radical (unpaired) electrons. The first-order valence-corrected chi connectivity index (χ1v) is 12.3. The van der Waals surface area contributed by atoms with Crippen LogP contribution in [0.1, 0.15) is 30.9 Å². The predicted octanol–water partition coefficient (Wildman–Crippen LogP) is 6.59. The summed E-state index contributed by atoms with van der Waals surface area (Å²) in [6.45, 7) is 3.53. The highest BCUT2D eigenvalue weighted by molar-refractivity contribution is 6.09. The summed E-state index contributed by atoms with van der Waals surface area (Å²) in [7, 11) is 0. The van der Waals surface area contributed by atoms with Gasteiger partial charge in [-0.15, -0.1) is 0 Å². The molecule has 36 heavy (non-hydrogen) atoms. The van der Waals surface area contributed by atoms with Crippen LogP contribution in [0.25, 0.3) is 32.3 Å². The maximum Gasteiger partial charge on any atom is 0.302 e. The normalized spacial score (nSPS) is 12.9. The molecule has 2 unspecified atom stereocenters. The molecule has 5 aromatic carbocycles. The van der Waals surface area contributed by atoms with Crippen molar-refractivity contribution in [2.45, 2.75) is 19.8 Å². The number of hydrogen-bond donors (Lipinski definition) is 1. The molecule has 0 aliphatic carbocycles. The van der Waals surface area contributed by atoms with E-state index < -0.39 is 0 Å². The van der Waals surface area contributed by atoms with Crippen LogP contribution < -0.4 is 5.32 Å². The van der Waals surface area contributed by atoms with Gasteiger partial charge in [0.1, 0.15) is 0 Å². The van der Waals surface area contributed by atoms with Crippen LogP contribution in [-0.2, 0) is 14.3 Å². The first kappa shape index (κ1) is 23.6. The standard InChI is InChI=1S/C32H29NO3/c1-21(34)33-19-26(20-36-22(2)35)32(29-15-7-11-23-9-3-5-13-27(23)29)30-16-8-12-25-18-17-24-10-4-6-14-28(24)31(25)30/h3-18,26,32H,19-20H2,1-2H3,(H,33,34). The smallest absolute Gasteiger partial charge is 0.302 e. The molecule has 4 nitrogen and oxygen atoms in total. The molecule has 0 aliphatic rings. The monoisotopic (exact) mass is 475 g/mol. The van der Waals surface area contributed by atoms with Crippen LogP contribution in [-0.4, -0.2) is 25.0 Å². The lowest BCUT2D eigenvalue weighted by Crippen LogP contribution is -2.34. The van der Waals surface area contributed by atoms with Crippen LogP contribution in [0.5, 0.6) is 0 Å². The van der Waals surface area contributed by atoms with Crippen molar-refractivity contribution in [3.05, 3.63) is 108 Å². The molecule has 1 N–H and O–H groups in total. The fraction of sp³-hybridized carbons (Fsp3) is 0.188. The summed E-state index contributed by atoms with van der Waals surface area (Å²) in [6, 6.07) is 33.8. The molecule has 0 aliphatic heterocycles. The van der Waals surface area contributed by atoms with E-state index >= 15 is 0 Å². The summed E-state index contributed by atoms with van der Waals surface area (Å²) in [6.07, 6.45) is 0. The number of esters is 1. The minimum atomic E-state index is -0.331. The number of ether oxygens (including phenoxy) is 1. The SMILES string of the molecule is CC(=O)NCC(COC(C)=O)C(c1cccc2ccccc12)c1cccc2ccc3ccccc3c12. The van der Waals surface area contributed by atoms with Crippen molar-refractivity contribution in [3.8, 4) is 0 Å². The highest BCUT2D eigenvalue weighted by Gasteiger charge is 2.29. The summed E-state index contributed by atoms with van der Waals surface area (Å²) < 4.78 is 5.58. The van der Waals surface area contributed by atoms with Gasteiger partial charge in [0.25, 0.3) is 0 Å². The molecule has 0 fully saturated rings. The summed E-state index contributed by atoms with van der Waals surface area (Å²) in [5.74, 6) is -0.740. The lowest BCUT2D eigenvalue weighted by Gasteiger charge is -2.30. The Bertz CT molecular complexity index is 1550. The number of carbonyl (C=O) groups excluding carboxylic acids is 2. The van der Waals surface area contributed by atoms with E-state index in [-0.39, 0.29) is 30.3 Å². The minimum Gasteiger partial charge on any atom is -0.465 e. The average Bonchev–Trinajstić information content (AvgIpc) is 2.89.